The number of rotatable bonds is 2. The lowest BCUT2D eigenvalue weighted by Crippen LogP contribution is -2.26. The second kappa shape index (κ2) is 7.16. The minimum absolute atomic E-state index is 0. The van der Waals surface area contributed by atoms with E-state index in [1.807, 2.05) is 6.92 Å². The number of aryl methyl sites for hydroxylation is 1. The Hall–Kier alpha value is -0.360. The maximum absolute atomic E-state index is 11.1. The summed E-state index contributed by atoms with van der Waals surface area (Å²) in [6.45, 7) is 3.92. The van der Waals surface area contributed by atoms with Gasteiger partial charge in [-0.3, -0.25) is 4.79 Å². The fraction of sp³-hybridized carbons (Fsp3) is 0.600. The quantitative estimate of drug-likeness (QED) is 0.875. The van der Waals surface area contributed by atoms with Gasteiger partial charge >= 0.3 is 0 Å². The highest BCUT2D eigenvalue weighted by atomic mass is 35.5. The topological polar surface area (TPSA) is 68.0 Å². The van der Waals surface area contributed by atoms with Gasteiger partial charge in [-0.05, 0) is 32.9 Å². The number of halogens is 2. The molecule has 98 valence electrons. The molecule has 2 heterocycles. The molecular formula is C10H17Cl2N3OS. The lowest BCUT2D eigenvalue weighted by Gasteiger charge is -2.20. The van der Waals surface area contributed by atoms with Gasteiger partial charge in [0.05, 0.1) is 10.7 Å². The molecule has 0 spiro atoms. The lowest BCUT2D eigenvalue weighted by atomic mass is 9.99. The number of carbonyl (C=O) groups excluding carboxylic acids is 1. The van der Waals surface area contributed by atoms with E-state index in [2.05, 4.69) is 10.3 Å². The van der Waals surface area contributed by atoms with Gasteiger partial charge in [-0.1, -0.05) is 0 Å². The van der Waals surface area contributed by atoms with Crippen molar-refractivity contribution in [2.24, 2.45) is 5.73 Å². The Morgan fingerprint density at radius 3 is 2.47 bits per heavy atom. The summed E-state index contributed by atoms with van der Waals surface area (Å²) < 4.78 is 0. The summed E-state index contributed by atoms with van der Waals surface area (Å²) in [7, 11) is 0. The highest BCUT2D eigenvalue weighted by Crippen LogP contribution is 2.30. The van der Waals surface area contributed by atoms with Crippen molar-refractivity contribution in [1.82, 2.24) is 10.3 Å². The van der Waals surface area contributed by atoms with Gasteiger partial charge in [0.15, 0.2) is 0 Å². The first-order valence-corrected chi connectivity index (χ1v) is 5.98. The number of hydrogen-bond donors (Lipinski definition) is 2. The van der Waals surface area contributed by atoms with Crippen molar-refractivity contribution >= 4 is 42.1 Å². The molecule has 1 aromatic heterocycles. The van der Waals surface area contributed by atoms with Crippen LogP contribution >= 0.6 is 36.2 Å². The molecule has 1 fully saturated rings. The van der Waals surface area contributed by atoms with Crippen LogP contribution in [0, 0.1) is 6.92 Å². The number of primary amides is 1. The first kappa shape index (κ1) is 16.6. The Morgan fingerprint density at radius 2 is 2.00 bits per heavy atom. The van der Waals surface area contributed by atoms with Crippen molar-refractivity contribution in [3.8, 4) is 0 Å². The number of nitrogens with zero attached hydrogens (tertiary/aromatic N) is 1. The summed E-state index contributed by atoms with van der Waals surface area (Å²) in [6.07, 6.45) is 2.20. The summed E-state index contributed by atoms with van der Waals surface area (Å²) in [5.74, 6) is 0.147. The van der Waals surface area contributed by atoms with Gasteiger partial charge in [-0.15, -0.1) is 36.2 Å². The molecule has 1 aromatic rings. The molecule has 0 aromatic carbocycles. The van der Waals surface area contributed by atoms with Crippen LogP contribution in [0.5, 0.6) is 0 Å². The molecular weight excluding hydrogens is 281 g/mol. The van der Waals surface area contributed by atoms with Crippen molar-refractivity contribution in [3.05, 3.63) is 15.6 Å². The first-order valence-electron chi connectivity index (χ1n) is 5.16. The van der Waals surface area contributed by atoms with E-state index in [-0.39, 0.29) is 30.7 Å². The monoisotopic (exact) mass is 297 g/mol. The Bertz CT molecular complexity index is 378. The van der Waals surface area contributed by atoms with Crippen molar-refractivity contribution in [2.75, 3.05) is 13.1 Å². The van der Waals surface area contributed by atoms with Crippen LogP contribution in [0.1, 0.15) is 39.1 Å². The van der Waals surface area contributed by atoms with E-state index in [1.54, 1.807) is 0 Å². The van der Waals surface area contributed by atoms with Gasteiger partial charge in [-0.25, -0.2) is 4.98 Å². The first-order chi connectivity index (χ1) is 7.18. The Balaban J connectivity index is 0.00000128. The fourth-order valence-electron chi connectivity index (χ4n) is 1.89. The molecule has 0 radical (unpaired) electrons. The average Bonchev–Trinajstić information content (AvgIpc) is 2.62. The average molecular weight is 298 g/mol. The number of amides is 1. The Kier molecular flexibility index (Phi) is 7.01. The van der Waals surface area contributed by atoms with Gasteiger partial charge in [0.2, 0.25) is 0 Å². The maximum Gasteiger partial charge on any atom is 0.260 e. The SMILES string of the molecule is Cc1nc(C2CCNCC2)sc1C(N)=O.Cl.Cl. The van der Waals surface area contributed by atoms with Crippen LogP contribution in [-0.2, 0) is 0 Å². The molecule has 4 nitrogen and oxygen atoms in total. The van der Waals surface area contributed by atoms with E-state index in [1.165, 1.54) is 11.3 Å². The molecule has 0 unspecified atom stereocenters. The third-order valence-corrected chi connectivity index (χ3v) is 4.06. The third kappa shape index (κ3) is 3.81. The zero-order valence-electron chi connectivity index (χ0n) is 9.56. The molecule has 1 aliphatic heterocycles. The zero-order valence-corrected chi connectivity index (χ0v) is 12.0. The highest BCUT2D eigenvalue weighted by Gasteiger charge is 2.21. The molecule has 2 rings (SSSR count). The van der Waals surface area contributed by atoms with Crippen LogP contribution in [0.4, 0.5) is 0 Å². The normalized spacial score (nSPS) is 15.8. The van der Waals surface area contributed by atoms with Crippen molar-refractivity contribution in [1.29, 1.82) is 0 Å². The number of thiazole rings is 1. The zero-order chi connectivity index (χ0) is 10.8. The minimum Gasteiger partial charge on any atom is -0.365 e. The van der Waals surface area contributed by atoms with Crippen LogP contribution in [0.2, 0.25) is 0 Å². The largest absolute Gasteiger partial charge is 0.365 e. The summed E-state index contributed by atoms with van der Waals surface area (Å²) in [4.78, 5) is 16.2. The number of hydrogen-bond acceptors (Lipinski definition) is 4. The molecule has 7 heteroatoms. The number of aromatic nitrogens is 1. The van der Waals surface area contributed by atoms with E-state index in [0.717, 1.165) is 36.6 Å². The van der Waals surface area contributed by atoms with E-state index in [0.29, 0.717) is 10.8 Å². The van der Waals surface area contributed by atoms with Gasteiger partial charge in [0, 0.05) is 5.92 Å². The fourth-order valence-corrected chi connectivity index (χ4v) is 2.98. The minimum atomic E-state index is -0.356. The molecule has 0 saturated carbocycles. The molecule has 0 aliphatic carbocycles. The van der Waals surface area contributed by atoms with E-state index in [9.17, 15) is 4.79 Å². The predicted molar refractivity (Wildman–Crippen MR) is 74.7 cm³/mol. The summed E-state index contributed by atoms with van der Waals surface area (Å²) in [5.41, 5.74) is 6.06. The maximum atomic E-state index is 11.1. The summed E-state index contributed by atoms with van der Waals surface area (Å²) >= 11 is 1.46. The third-order valence-electron chi connectivity index (χ3n) is 2.73. The van der Waals surface area contributed by atoms with Crippen molar-refractivity contribution in [2.45, 2.75) is 25.7 Å². The molecule has 0 atom stereocenters. The second-order valence-electron chi connectivity index (χ2n) is 3.86. The molecule has 1 saturated heterocycles. The van der Waals surface area contributed by atoms with Crippen LogP contribution in [-0.4, -0.2) is 24.0 Å². The van der Waals surface area contributed by atoms with Gasteiger partial charge in [-0.2, -0.15) is 0 Å². The summed E-state index contributed by atoms with van der Waals surface area (Å²) in [5, 5.41) is 4.39. The second-order valence-corrected chi connectivity index (χ2v) is 4.89. The number of carbonyl (C=O) groups is 1. The molecule has 1 amide bonds. The molecule has 0 bridgehead atoms. The summed E-state index contributed by atoms with van der Waals surface area (Å²) in [6, 6.07) is 0. The van der Waals surface area contributed by atoms with Crippen LogP contribution in [0.15, 0.2) is 0 Å². The van der Waals surface area contributed by atoms with Crippen LogP contribution in [0.3, 0.4) is 0 Å². The molecule has 17 heavy (non-hydrogen) atoms. The number of nitrogens with one attached hydrogen (secondary N) is 1. The standard InChI is InChI=1S/C10H15N3OS.2ClH/c1-6-8(9(11)14)15-10(13-6)7-2-4-12-5-3-7;;/h7,12H,2-5H2,1H3,(H2,11,14);2*1H. The number of nitrogens with two attached hydrogens (primary N) is 1. The van der Waals surface area contributed by atoms with E-state index in [4.69, 9.17) is 5.73 Å². The smallest absolute Gasteiger partial charge is 0.260 e. The Labute approximate surface area is 117 Å². The predicted octanol–water partition coefficient (Wildman–Crippen LogP) is 1.86. The Morgan fingerprint density at radius 1 is 1.41 bits per heavy atom. The van der Waals surface area contributed by atoms with Gasteiger partial charge in [0.1, 0.15) is 4.88 Å². The van der Waals surface area contributed by atoms with Crippen molar-refractivity contribution in [3.63, 3.8) is 0 Å². The van der Waals surface area contributed by atoms with Gasteiger partial charge in [0.25, 0.3) is 5.91 Å². The van der Waals surface area contributed by atoms with E-state index < -0.39 is 0 Å². The van der Waals surface area contributed by atoms with E-state index >= 15 is 0 Å². The van der Waals surface area contributed by atoms with Crippen LogP contribution < -0.4 is 11.1 Å². The molecule has 3 N–H and O–H groups in total. The van der Waals surface area contributed by atoms with Crippen molar-refractivity contribution < 1.29 is 4.79 Å². The highest BCUT2D eigenvalue weighted by molar-refractivity contribution is 7.13. The lowest BCUT2D eigenvalue weighted by molar-refractivity contribution is 0.100. The molecule has 1 aliphatic rings. The number of piperidine rings is 1. The van der Waals surface area contributed by atoms with Gasteiger partial charge < -0.3 is 11.1 Å². The van der Waals surface area contributed by atoms with Crippen LogP contribution in [0.25, 0.3) is 0 Å².